The van der Waals surface area contributed by atoms with E-state index in [0.29, 0.717) is 0 Å². The molecule has 1 fully saturated rings. The molecule has 2 aromatic rings. The van der Waals surface area contributed by atoms with Gasteiger partial charge in [0.05, 0.1) is 5.02 Å². The van der Waals surface area contributed by atoms with Gasteiger partial charge in [-0.05, 0) is 37.0 Å². The molecule has 1 aliphatic rings. The van der Waals surface area contributed by atoms with Gasteiger partial charge in [-0.2, -0.15) is 0 Å². The largest absolute Gasteiger partial charge is 0.361 e. The number of hydrogen-bond acceptors (Lipinski definition) is 1. The van der Waals surface area contributed by atoms with Crippen LogP contribution in [0, 0.1) is 0 Å². The zero-order chi connectivity index (χ0) is 10.5. The van der Waals surface area contributed by atoms with Crippen molar-refractivity contribution in [2.24, 2.45) is 5.73 Å². The van der Waals surface area contributed by atoms with E-state index in [2.05, 4.69) is 17.1 Å². The second-order valence-electron chi connectivity index (χ2n) is 4.52. The van der Waals surface area contributed by atoms with Crippen LogP contribution in [-0.2, 0) is 6.42 Å². The van der Waals surface area contributed by atoms with Crippen molar-refractivity contribution in [1.29, 1.82) is 0 Å². The van der Waals surface area contributed by atoms with Crippen LogP contribution in [0.5, 0.6) is 0 Å². The SMILES string of the molecule is NC1(Cc2ccc3[nH]ccc3c2Cl)CC1. The third-order valence-electron chi connectivity index (χ3n) is 3.18. The molecule has 1 heterocycles. The van der Waals surface area contributed by atoms with Gasteiger partial charge in [0.1, 0.15) is 0 Å². The topological polar surface area (TPSA) is 41.8 Å². The van der Waals surface area contributed by atoms with E-state index in [1.54, 1.807) is 0 Å². The zero-order valence-electron chi connectivity index (χ0n) is 8.39. The molecule has 15 heavy (non-hydrogen) atoms. The number of aromatic nitrogens is 1. The van der Waals surface area contributed by atoms with Gasteiger partial charge in [0, 0.05) is 22.6 Å². The average molecular weight is 221 g/mol. The molecule has 0 radical (unpaired) electrons. The van der Waals surface area contributed by atoms with Crippen LogP contribution < -0.4 is 5.73 Å². The maximum absolute atomic E-state index is 6.34. The molecule has 78 valence electrons. The maximum Gasteiger partial charge on any atom is 0.0532 e. The van der Waals surface area contributed by atoms with Crippen LogP contribution in [0.2, 0.25) is 5.02 Å². The Morgan fingerprint density at radius 3 is 2.87 bits per heavy atom. The minimum atomic E-state index is 0.0215. The van der Waals surface area contributed by atoms with Crippen molar-refractivity contribution >= 4 is 22.5 Å². The Hall–Kier alpha value is -0.990. The first-order chi connectivity index (χ1) is 7.18. The predicted molar refractivity (Wildman–Crippen MR) is 63.2 cm³/mol. The summed E-state index contributed by atoms with van der Waals surface area (Å²) < 4.78 is 0. The van der Waals surface area contributed by atoms with Crippen molar-refractivity contribution < 1.29 is 0 Å². The first-order valence-corrected chi connectivity index (χ1v) is 5.59. The highest BCUT2D eigenvalue weighted by Crippen LogP contribution is 2.38. The summed E-state index contributed by atoms with van der Waals surface area (Å²) in [7, 11) is 0. The van der Waals surface area contributed by atoms with Crippen LogP contribution in [0.3, 0.4) is 0 Å². The fourth-order valence-corrected chi connectivity index (χ4v) is 2.29. The van der Waals surface area contributed by atoms with Crippen molar-refractivity contribution in [2.75, 3.05) is 0 Å². The molecule has 0 bridgehead atoms. The molecule has 1 aromatic carbocycles. The molecule has 3 rings (SSSR count). The Bertz CT molecular complexity index is 511. The number of fused-ring (bicyclic) bond motifs is 1. The Morgan fingerprint density at radius 1 is 1.33 bits per heavy atom. The van der Waals surface area contributed by atoms with E-state index in [1.165, 1.54) is 5.56 Å². The van der Waals surface area contributed by atoms with Crippen LogP contribution in [0.15, 0.2) is 24.4 Å². The number of benzene rings is 1. The molecule has 0 atom stereocenters. The first-order valence-electron chi connectivity index (χ1n) is 5.21. The third-order valence-corrected chi connectivity index (χ3v) is 3.63. The van der Waals surface area contributed by atoms with Crippen LogP contribution >= 0.6 is 11.6 Å². The first kappa shape index (κ1) is 9.25. The molecule has 0 aliphatic heterocycles. The minimum Gasteiger partial charge on any atom is -0.361 e. The summed E-state index contributed by atoms with van der Waals surface area (Å²) in [5.74, 6) is 0. The van der Waals surface area contributed by atoms with Gasteiger partial charge in [0.2, 0.25) is 0 Å². The number of rotatable bonds is 2. The summed E-state index contributed by atoms with van der Waals surface area (Å²) in [6, 6.07) is 6.16. The fraction of sp³-hybridized carbons (Fsp3) is 0.333. The number of halogens is 1. The van der Waals surface area contributed by atoms with Gasteiger partial charge in [0.25, 0.3) is 0 Å². The second-order valence-corrected chi connectivity index (χ2v) is 4.89. The zero-order valence-corrected chi connectivity index (χ0v) is 9.14. The minimum absolute atomic E-state index is 0.0215. The van der Waals surface area contributed by atoms with Crippen molar-refractivity contribution in [3.63, 3.8) is 0 Å². The van der Waals surface area contributed by atoms with Gasteiger partial charge < -0.3 is 10.7 Å². The summed E-state index contributed by atoms with van der Waals surface area (Å²) in [5, 5.41) is 1.95. The number of nitrogens with two attached hydrogens (primary N) is 1. The summed E-state index contributed by atoms with van der Waals surface area (Å²) in [5.41, 5.74) is 8.38. The summed E-state index contributed by atoms with van der Waals surface area (Å²) in [4.78, 5) is 3.15. The van der Waals surface area contributed by atoms with E-state index in [9.17, 15) is 0 Å². The van der Waals surface area contributed by atoms with E-state index >= 15 is 0 Å². The molecule has 1 aromatic heterocycles. The molecule has 2 nitrogen and oxygen atoms in total. The smallest absolute Gasteiger partial charge is 0.0532 e. The fourth-order valence-electron chi connectivity index (χ4n) is 1.99. The molecule has 3 N–H and O–H groups in total. The molecule has 0 spiro atoms. The molecule has 1 saturated carbocycles. The second kappa shape index (κ2) is 3.00. The molecule has 1 aliphatic carbocycles. The molecular weight excluding hydrogens is 208 g/mol. The van der Waals surface area contributed by atoms with Crippen LogP contribution in [-0.4, -0.2) is 10.5 Å². The highest BCUT2D eigenvalue weighted by atomic mass is 35.5. The van der Waals surface area contributed by atoms with Gasteiger partial charge in [-0.15, -0.1) is 0 Å². The maximum atomic E-state index is 6.34. The Labute approximate surface area is 93.4 Å². The summed E-state index contributed by atoms with van der Waals surface area (Å²) >= 11 is 6.34. The lowest BCUT2D eigenvalue weighted by Gasteiger charge is -2.10. The van der Waals surface area contributed by atoms with E-state index in [0.717, 1.165) is 35.2 Å². The van der Waals surface area contributed by atoms with Crippen LogP contribution in [0.1, 0.15) is 18.4 Å². The van der Waals surface area contributed by atoms with Gasteiger partial charge in [-0.25, -0.2) is 0 Å². The summed E-state index contributed by atoms with van der Waals surface area (Å²) in [6.07, 6.45) is 5.05. The monoisotopic (exact) mass is 220 g/mol. The Morgan fingerprint density at radius 2 is 2.13 bits per heavy atom. The van der Waals surface area contributed by atoms with Crippen LogP contribution in [0.25, 0.3) is 10.9 Å². The van der Waals surface area contributed by atoms with Gasteiger partial charge in [-0.3, -0.25) is 0 Å². The highest BCUT2D eigenvalue weighted by Gasteiger charge is 2.38. The molecule has 0 unspecified atom stereocenters. The van der Waals surface area contributed by atoms with E-state index in [4.69, 9.17) is 17.3 Å². The number of nitrogens with one attached hydrogen (secondary N) is 1. The van der Waals surface area contributed by atoms with Crippen molar-refractivity contribution in [3.8, 4) is 0 Å². The standard InChI is InChI=1S/C12H13ClN2/c13-11-8(7-12(14)4-5-12)1-2-10-9(11)3-6-15-10/h1-3,6,15H,4-5,7,14H2. The van der Waals surface area contributed by atoms with Gasteiger partial charge >= 0.3 is 0 Å². The predicted octanol–water partition coefficient (Wildman–Crippen LogP) is 2.86. The Balaban J connectivity index is 2.06. The quantitative estimate of drug-likeness (QED) is 0.803. The van der Waals surface area contributed by atoms with E-state index < -0.39 is 0 Å². The average Bonchev–Trinajstić information content (AvgIpc) is 2.78. The highest BCUT2D eigenvalue weighted by molar-refractivity contribution is 6.36. The van der Waals surface area contributed by atoms with E-state index in [-0.39, 0.29) is 5.54 Å². The molecule has 0 amide bonds. The summed E-state index contributed by atoms with van der Waals surface area (Å²) in [6.45, 7) is 0. The molecule has 0 saturated heterocycles. The van der Waals surface area contributed by atoms with Crippen molar-refractivity contribution in [2.45, 2.75) is 24.8 Å². The lowest BCUT2D eigenvalue weighted by molar-refractivity contribution is 0.673. The van der Waals surface area contributed by atoms with Crippen LogP contribution in [0.4, 0.5) is 0 Å². The number of H-pyrrole nitrogens is 1. The lowest BCUT2D eigenvalue weighted by Crippen LogP contribution is -2.24. The number of aromatic amines is 1. The van der Waals surface area contributed by atoms with Gasteiger partial charge in [-0.1, -0.05) is 17.7 Å². The van der Waals surface area contributed by atoms with Crippen molar-refractivity contribution in [3.05, 3.63) is 35.0 Å². The lowest BCUT2D eigenvalue weighted by atomic mass is 10.0. The third kappa shape index (κ3) is 1.54. The normalized spacial score (nSPS) is 18.3. The Kier molecular flexibility index (Phi) is 1.85. The van der Waals surface area contributed by atoms with E-state index in [1.807, 2.05) is 12.3 Å². The molecular formula is C12H13ClN2. The number of hydrogen-bond donors (Lipinski definition) is 2. The van der Waals surface area contributed by atoms with Crippen molar-refractivity contribution in [1.82, 2.24) is 4.98 Å². The van der Waals surface area contributed by atoms with Gasteiger partial charge in [0.15, 0.2) is 0 Å². The molecule has 3 heteroatoms.